The van der Waals surface area contributed by atoms with Crippen molar-refractivity contribution in [2.45, 2.75) is 25.9 Å². The minimum absolute atomic E-state index is 0.702. The van der Waals surface area contributed by atoms with Crippen molar-refractivity contribution in [3.63, 3.8) is 0 Å². The molecule has 1 rings (SSSR count). The predicted octanol–water partition coefficient (Wildman–Crippen LogP) is 3.59. The van der Waals surface area contributed by atoms with Gasteiger partial charge in [0.1, 0.15) is 5.40 Å². The van der Waals surface area contributed by atoms with E-state index in [1.54, 1.807) is 0 Å². The van der Waals surface area contributed by atoms with Crippen LogP contribution in [0, 0.1) is 10.7 Å². The van der Waals surface area contributed by atoms with Gasteiger partial charge in [-0.15, -0.1) is 0 Å². The van der Waals surface area contributed by atoms with E-state index in [1.165, 1.54) is 17.3 Å². The number of thiocyanates is 1. The van der Waals surface area contributed by atoms with Gasteiger partial charge >= 0.3 is 0 Å². The Morgan fingerprint density at radius 3 is 2.69 bits per heavy atom. The number of benzene rings is 1. The maximum absolute atomic E-state index is 8.32. The van der Waals surface area contributed by atoms with Gasteiger partial charge in [-0.1, -0.05) is 36.8 Å². The Bertz CT molecular complexity index is 307. The first-order valence-corrected chi connectivity index (χ1v) is 6.54. The second-order valence-electron chi connectivity index (χ2n) is 3.54. The summed E-state index contributed by atoms with van der Waals surface area (Å²) in [5.41, 5.74) is 1.22. The minimum atomic E-state index is 0.702. The molecule has 0 aliphatic rings. The molecule has 0 aliphatic carbocycles. The number of rotatable bonds is 8. The fourth-order valence-electron chi connectivity index (χ4n) is 1.37. The number of thioether (sulfide) groups is 1. The van der Waals surface area contributed by atoms with Gasteiger partial charge in [0.25, 0.3) is 0 Å². The van der Waals surface area contributed by atoms with Gasteiger partial charge in [0.2, 0.25) is 0 Å². The summed E-state index contributed by atoms with van der Waals surface area (Å²) in [7, 11) is 0. The third-order valence-corrected chi connectivity index (χ3v) is 2.83. The van der Waals surface area contributed by atoms with Gasteiger partial charge in [0.05, 0.1) is 6.61 Å². The van der Waals surface area contributed by atoms with Crippen molar-refractivity contribution in [2.24, 2.45) is 0 Å². The molecule has 0 radical (unpaired) electrons. The second-order valence-corrected chi connectivity index (χ2v) is 4.42. The monoisotopic (exact) mass is 235 g/mol. The highest BCUT2D eigenvalue weighted by atomic mass is 32.2. The third-order valence-electron chi connectivity index (χ3n) is 2.21. The molecule has 16 heavy (non-hydrogen) atoms. The first-order chi connectivity index (χ1) is 7.93. The van der Waals surface area contributed by atoms with Gasteiger partial charge in [0.15, 0.2) is 0 Å². The van der Waals surface area contributed by atoms with Crippen LogP contribution in [0.2, 0.25) is 0 Å². The number of nitrogens with zero attached hydrogens (tertiary/aromatic N) is 1. The summed E-state index contributed by atoms with van der Waals surface area (Å²) < 4.78 is 5.55. The Morgan fingerprint density at radius 2 is 1.94 bits per heavy atom. The lowest BCUT2D eigenvalue weighted by Gasteiger charge is -2.03. The second kappa shape index (κ2) is 9.26. The van der Waals surface area contributed by atoms with Crippen LogP contribution in [0.4, 0.5) is 0 Å². The quantitative estimate of drug-likeness (QED) is 0.510. The average molecular weight is 235 g/mol. The van der Waals surface area contributed by atoms with E-state index in [0.29, 0.717) is 6.61 Å². The van der Waals surface area contributed by atoms with Crippen LogP contribution in [0.5, 0.6) is 0 Å². The van der Waals surface area contributed by atoms with E-state index < -0.39 is 0 Å². The number of ether oxygens (including phenoxy) is 1. The molecule has 0 spiro atoms. The van der Waals surface area contributed by atoms with Gasteiger partial charge in [-0.05, 0) is 30.2 Å². The van der Waals surface area contributed by atoms with Crippen molar-refractivity contribution >= 4 is 11.8 Å². The van der Waals surface area contributed by atoms with Gasteiger partial charge in [-0.3, -0.25) is 0 Å². The van der Waals surface area contributed by atoms with Crippen LogP contribution < -0.4 is 0 Å². The van der Waals surface area contributed by atoms with Crippen LogP contribution in [-0.2, 0) is 11.3 Å². The van der Waals surface area contributed by atoms with E-state index in [2.05, 4.69) is 17.5 Å². The van der Waals surface area contributed by atoms with E-state index in [1.807, 2.05) is 18.2 Å². The first-order valence-electron chi connectivity index (χ1n) is 5.56. The Balaban J connectivity index is 1.91. The van der Waals surface area contributed by atoms with E-state index in [-0.39, 0.29) is 0 Å². The molecule has 0 fully saturated rings. The molecule has 0 unspecified atom stereocenters. The minimum Gasteiger partial charge on any atom is -0.377 e. The summed E-state index contributed by atoms with van der Waals surface area (Å²) in [6.07, 6.45) is 3.33. The Hall–Kier alpha value is -0.980. The number of hydrogen-bond acceptors (Lipinski definition) is 3. The van der Waals surface area contributed by atoms with E-state index >= 15 is 0 Å². The lowest BCUT2D eigenvalue weighted by molar-refractivity contribution is 0.117. The first kappa shape index (κ1) is 13.1. The Morgan fingerprint density at radius 1 is 1.12 bits per heavy atom. The van der Waals surface area contributed by atoms with E-state index in [9.17, 15) is 0 Å². The Kier molecular flexibility index (Phi) is 7.57. The van der Waals surface area contributed by atoms with Crippen LogP contribution in [0.1, 0.15) is 24.8 Å². The highest BCUT2D eigenvalue weighted by Gasteiger charge is 1.93. The maximum Gasteiger partial charge on any atom is 0.133 e. The van der Waals surface area contributed by atoms with Crippen LogP contribution in [0.25, 0.3) is 0 Å². The molecule has 0 amide bonds. The van der Waals surface area contributed by atoms with E-state index in [0.717, 1.165) is 31.6 Å². The van der Waals surface area contributed by atoms with Gasteiger partial charge in [0, 0.05) is 12.4 Å². The average Bonchev–Trinajstić information content (AvgIpc) is 2.34. The highest BCUT2D eigenvalue weighted by Crippen LogP contribution is 2.05. The summed E-state index contributed by atoms with van der Waals surface area (Å²) in [4.78, 5) is 0. The molecule has 0 saturated heterocycles. The SMILES string of the molecule is N#CSCCCCCOCc1ccccc1. The van der Waals surface area contributed by atoms with Crippen LogP contribution in [0.3, 0.4) is 0 Å². The van der Waals surface area contributed by atoms with Crippen molar-refractivity contribution in [1.82, 2.24) is 0 Å². The lowest BCUT2D eigenvalue weighted by Crippen LogP contribution is -1.95. The summed E-state index contributed by atoms with van der Waals surface area (Å²) in [5.74, 6) is 0.940. The van der Waals surface area contributed by atoms with E-state index in [4.69, 9.17) is 10.00 Å². The molecule has 3 heteroatoms. The van der Waals surface area contributed by atoms with Crippen molar-refractivity contribution in [3.8, 4) is 5.40 Å². The molecular weight excluding hydrogens is 218 g/mol. The summed E-state index contributed by atoms with van der Waals surface area (Å²) >= 11 is 1.33. The largest absolute Gasteiger partial charge is 0.377 e. The Labute approximate surface area is 102 Å². The molecular formula is C13H17NOS. The van der Waals surface area contributed by atoms with Crippen molar-refractivity contribution < 1.29 is 4.74 Å². The molecule has 0 bridgehead atoms. The smallest absolute Gasteiger partial charge is 0.133 e. The molecule has 0 atom stereocenters. The fraction of sp³-hybridized carbons (Fsp3) is 0.462. The number of unbranched alkanes of at least 4 members (excludes halogenated alkanes) is 2. The molecule has 0 N–H and O–H groups in total. The number of nitriles is 1. The summed E-state index contributed by atoms with van der Waals surface area (Å²) in [5, 5.41) is 10.4. The van der Waals surface area contributed by atoms with Crippen molar-refractivity contribution in [2.75, 3.05) is 12.4 Å². The number of hydrogen-bond donors (Lipinski definition) is 0. The maximum atomic E-state index is 8.32. The standard InChI is InChI=1S/C13H17NOS/c14-12-16-10-6-2-5-9-15-11-13-7-3-1-4-8-13/h1,3-4,7-8H,2,5-6,9-11H2. The van der Waals surface area contributed by atoms with Gasteiger partial charge < -0.3 is 4.74 Å². The predicted molar refractivity (Wildman–Crippen MR) is 68.0 cm³/mol. The van der Waals surface area contributed by atoms with Crippen LogP contribution >= 0.6 is 11.8 Å². The summed E-state index contributed by atoms with van der Waals surface area (Å²) in [6.45, 7) is 1.51. The molecule has 2 nitrogen and oxygen atoms in total. The van der Waals surface area contributed by atoms with Crippen LogP contribution in [0.15, 0.2) is 30.3 Å². The molecule has 1 aromatic carbocycles. The van der Waals surface area contributed by atoms with Gasteiger partial charge in [-0.2, -0.15) is 5.26 Å². The molecule has 0 aliphatic heterocycles. The molecule has 0 saturated carbocycles. The normalized spacial score (nSPS) is 9.94. The van der Waals surface area contributed by atoms with Crippen molar-refractivity contribution in [3.05, 3.63) is 35.9 Å². The zero-order valence-electron chi connectivity index (χ0n) is 9.39. The van der Waals surface area contributed by atoms with Crippen LogP contribution in [-0.4, -0.2) is 12.4 Å². The molecule has 1 aromatic rings. The zero-order valence-corrected chi connectivity index (χ0v) is 10.2. The zero-order chi connectivity index (χ0) is 11.5. The fourth-order valence-corrected chi connectivity index (χ4v) is 1.80. The highest BCUT2D eigenvalue weighted by molar-refractivity contribution is 8.03. The topological polar surface area (TPSA) is 33.0 Å². The molecule has 0 heterocycles. The lowest BCUT2D eigenvalue weighted by atomic mass is 10.2. The summed E-state index contributed by atoms with van der Waals surface area (Å²) in [6, 6.07) is 10.2. The van der Waals surface area contributed by atoms with Gasteiger partial charge in [-0.25, -0.2) is 0 Å². The third kappa shape index (κ3) is 6.49. The molecule has 86 valence electrons. The van der Waals surface area contributed by atoms with Crippen molar-refractivity contribution in [1.29, 1.82) is 5.26 Å². The molecule has 0 aromatic heterocycles.